The standard InChI is InChI=1S/C22H21N3O3/c1-14-3-8-18(24-20(14)15-9-12-23-19(26)13-15)25-21(27)22(10-11-22)16-4-6-17(28-2)7-5-16/h3-9,12-13H,10-11H2,1-2H3,(H,23,26)(H,24,25,27). The average Bonchev–Trinajstić information content (AvgIpc) is 3.51. The number of aromatic amines is 1. The molecule has 0 atom stereocenters. The molecule has 0 aliphatic heterocycles. The number of carbonyl (C=O) groups excluding carboxylic acids is 1. The Morgan fingerprint density at radius 1 is 1.14 bits per heavy atom. The summed E-state index contributed by atoms with van der Waals surface area (Å²) in [4.78, 5) is 31.8. The van der Waals surface area contributed by atoms with Crippen molar-refractivity contribution >= 4 is 11.7 Å². The van der Waals surface area contributed by atoms with E-state index in [0.29, 0.717) is 17.1 Å². The van der Waals surface area contributed by atoms with Crippen LogP contribution in [0.15, 0.2) is 59.5 Å². The minimum Gasteiger partial charge on any atom is -0.497 e. The fraction of sp³-hybridized carbons (Fsp3) is 0.227. The van der Waals surface area contributed by atoms with Gasteiger partial charge in [-0.05, 0) is 55.2 Å². The van der Waals surface area contributed by atoms with Crippen molar-refractivity contribution in [1.82, 2.24) is 9.97 Å². The monoisotopic (exact) mass is 375 g/mol. The van der Waals surface area contributed by atoms with Gasteiger partial charge in [0, 0.05) is 17.8 Å². The second-order valence-corrected chi connectivity index (χ2v) is 7.07. The fourth-order valence-electron chi connectivity index (χ4n) is 3.40. The van der Waals surface area contributed by atoms with E-state index in [1.165, 1.54) is 6.07 Å². The molecule has 1 saturated carbocycles. The first-order valence-electron chi connectivity index (χ1n) is 9.15. The minimum absolute atomic E-state index is 0.0640. The smallest absolute Gasteiger partial charge is 0.248 e. The maximum atomic E-state index is 13.0. The molecule has 0 spiro atoms. The molecule has 6 nitrogen and oxygen atoms in total. The number of pyridine rings is 2. The number of hydrogen-bond acceptors (Lipinski definition) is 4. The first-order valence-corrected chi connectivity index (χ1v) is 9.15. The highest BCUT2D eigenvalue weighted by molar-refractivity contribution is 6.01. The molecule has 142 valence electrons. The van der Waals surface area contributed by atoms with Gasteiger partial charge >= 0.3 is 0 Å². The average molecular weight is 375 g/mol. The number of amides is 1. The van der Waals surface area contributed by atoms with Gasteiger partial charge < -0.3 is 15.0 Å². The highest BCUT2D eigenvalue weighted by atomic mass is 16.5. The van der Waals surface area contributed by atoms with Crippen molar-refractivity contribution in [2.24, 2.45) is 0 Å². The number of aromatic nitrogens is 2. The Hall–Kier alpha value is -3.41. The molecule has 0 bridgehead atoms. The van der Waals surface area contributed by atoms with Gasteiger partial charge in [-0.15, -0.1) is 0 Å². The van der Waals surface area contributed by atoms with Gasteiger partial charge in [-0.25, -0.2) is 4.98 Å². The maximum Gasteiger partial charge on any atom is 0.248 e. The zero-order chi connectivity index (χ0) is 19.7. The lowest BCUT2D eigenvalue weighted by molar-refractivity contribution is -0.118. The van der Waals surface area contributed by atoms with Crippen LogP contribution in [0.3, 0.4) is 0 Å². The van der Waals surface area contributed by atoms with Crippen molar-refractivity contribution in [2.45, 2.75) is 25.2 Å². The number of carbonyl (C=O) groups is 1. The van der Waals surface area contributed by atoms with Crippen molar-refractivity contribution < 1.29 is 9.53 Å². The first-order chi connectivity index (χ1) is 13.5. The Labute approximate surface area is 162 Å². The molecule has 0 unspecified atom stereocenters. The number of nitrogens with zero attached hydrogens (tertiary/aromatic N) is 1. The molecule has 1 fully saturated rings. The van der Waals surface area contributed by atoms with E-state index in [1.54, 1.807) is 25.4 Å². The van der Waals surface area contributed by atoms with E-state index in [-0.39, 0.29) is 11.5 Å². The molecule has 28 heavy (non-hydrogen) atoms. The van der Waals surface area contributed by atoms with Gasteiger partial charge in [0.1, 0.15) is 11.6 Å². The molecular formula is C22H21N3O3. The molecule has 0 saturated heterocycles. The molecule has 3 aromatic rings. The predicted molar refractivity (Wildman–Crippen MR) is 108 cm³/mol. The topological polar surface area (TPSA) is 84.1 Å². The molecule has 1 amide bonds. The zero-order valence-electron chi connectivity index (χ0n) is 15.8. The molecule has 4 rings (SSSR count). The molecule has 1 aromatic carbocycles. The summed E-state index contributed by atoms with van der Waals surface area (Å²) < 4.78 is 5.20. The van der Waals surface area contributed by atoms with Crippen LogP contribution in [0, 0.1) is 6.92 Å². The number of methoxy groups -OCH3 is 1. The molecule has 1 aliphatic rings. The summed E-state index contributed by atoms with van der Waals surface area (Å²) in [6.07, 6.45) is 3.20. The van der Waals surface area contributed by atoms with Crippen molar-refractivity contribution in [3.8, 4) is 17.0 Å². The number of rotatable bonds is 5. The van der Waals surface area contributed by atoms with Crippen molar-refractivity contribution in [3.63, 3.8) is 0 Å². The van der Waals surface area contributed by atoms with E-state index in [0.717, 1.165) is 29.7 Å². The fourth-order valence-corrected chi connectivity index (χ4v) is 3.40. The summed E-state index contributed by atoms with van der Waals surface area (Å²) in [7, 11) is 1.62. The summed E-state index contributed by atoms with van der Waals surface area (Å²) >= 11 is 0. The maximum absolute atomic E-state index is 13.0. The van der Waals surface area contributed by atoms with Crippen molar-refractivity contribution in [3.05, 3.63) is 76.2 Å². The van der Waals surface area contributed by atoms with Crippen LogP contribution >= 0.6 is 0 Å². The summed E-state index contributed by atoms with van der Waals surface area (Å²) in [5.41, 5.74) is 2.60. The summed E-state index contributed by atoms with van der Waals surface area (Å²) in [6.45, 7) is 1.93. The van der Waals surface area contributed by atoms with Gasteiger partial charge in [0.05, 0.1) is 18.2 Å². The predicted octanol–water partition coefficient (Wildman–Crippen LogP) is 3.42. The molecule has 2 N–H and O–H groups in total. The van der Waals surface area contributed by atoms with Gasteiger partial charge in [-0.2, -0.15) is 0 Å². The Kier molecular flexibility index (Phi) is 4.47. The van der Waals surface area contributed by atoms with E-state index in [1.807, 2.05) is 37.3 Å². The zero-order valence-corrected chi connectivity index (χ0v) is 15.8. The van der Waals surface area contributed by atoms with E-state index in [2.05, 4.69) is 15.3 Å². The molecule has 2 heterocycles. The molecular weight excluding hydrogens is 354 g/mol. The van der Waals surface area contributed by atoms with E-state index in [9.17, 15) is 9.59 Å². The third-order valence-corrected chi connectivity index (χ3v) is 5.21. The number of H-pyrrole nitrogens is 1. The van der Waals surface area contributed by atoms with E-state index < -0.39 is 5.41 Å². The van der Waals surface area contributed by atoms with Crippen LogP contribution < -0.4 is 15.6 Å². The van der Waals surface area contributed by atoms with Crippen LogP contribution in [0.25, 0.3) is 11.3 Å². The van der Waals surface area contributed by atoms with Crippen LogP contribution in [0.2, 0.25) is 0 Å². The van der Waals surface area contributed by atoms with Crippen molar-refractivity contribution in [1.29, 1.82) is 0 Å². The SMILES string of the molecule is COc1ccc(C2(C(=O)Nc3ccc(C)c(-c4cc[nH]c(=O)c4)n3)CC2)cc1. The Balaban J connectivity index is 1.59. The Morgan fingerprint density at radius 3 is 2.54 bits per heavy atom. The molecule has 6 heteroatoms. The van der Waals surface area contributed by atoms with Gasteiger partial charge in [0.15, 0.2) is 0 Å². The summed E-state index contributed by atoms with van der Waals surface area (Å²) in [5, 5.41) is 2.96. The van der Waals surface area contributed by atoms with E-state index >= 15 is 0 Å². The highest BCUT2D eigenvalue weighted by Crippen LogP contribution is 2.49. The number of ether oxygens (including phenoxy) is 1. The normalized spacial score (nSPS) is 14.4. The van der Waals surface area contributed by atoms with Crippen LogP contribution in [-0.4, -0.2) is 23.0 Å². The highest BCUT2D eigenvalue weighted by Gasteiger charge is 2.51. The number of aryl methyl sites for hydroxylation is 1. The third kappa shape index (κ3) is 3.29. The third-order valence-electron chi connectivity index (χ3n) is 5.21. The number of benzene rings is 1. The largest absolute Gasteiger partial charge is 0.497 e. The number of hydrogen-bond donors (Lipinski definition) is 2. The van der Waals surface area contributed by atoms with Crippen LogP contribution in [-0.2, 0) is 10.2 Å². The lowest BCUT2D eigenvalue weighted by atomic mass is 9.95. The van der Waals surface area contributed by atoms with Crippen molar-refractivity contribution in [2.75, 3.05) is 12.4 Å². The summed E-state index contributed by atoms with van der Waals surface area (Å²) in [5.74, 6) is 1.18. The van der Waals surface area contributed by atoms with Gasteiger partial charge in [-0.1, -0.05) is 18.2 Å². The number of anilines is 1. The van der Waals surface area contributed by atoms with Gasteiger partial charge in [0.2, 0.25) is 11.5 Å². The first kappa shape index (κ1) is 18.0. The van der Waals surface area contributed by atoms with Crippen LogP contribution in [0.1, 0.15) is 24.0 Å². The second kappa shape index (κ2) is 6.96. The lowest BCUT2D eigenvalue weighted by Gasteiger charge is -2.16. The molecule has 1 aliphatic carbocycles. The lowest BCUT2D eigenvalue weighted by Crippen LogP contribution is -2.28. The van der Waals surface area contributed by atoms with Crippen LogP contribution in [0.5, 0.6) is 5.75 Å². The number of nitrogens with one attached hydrogen (secondary N) is 2. The quantitative estimate of drug-likeness (QED) is 0.716. The molecule has 0 radical (unpaired) electrons. The molecule has 2 aromatic heterocycles. The van der Waals surface area contributed by atoms with E-state index in [4.69, 9.17) is 4.74 Å². The summed E-state index contributed by atoms with van der Waals surface area (Å²) in [6, 6.07) is 14.6. The van der Waals surface area contributed by atoms with Gasteiger partial charge in [0.25, 0.3) is 0 Å². The Bertz CT molecular complexity index is 1080. The second-order valence-electron chi connectivity index (χ2n) is 7.07. The van der Waals surface area contributed by atoms with Crippen LogP contribution in [0.4, 0.5) is 5.82 Å². The minimum atomic E-state index is -0.511. The Morgan fingerprint density at radius 2 is 1.89 bits per heavy atom. The van der Waals surface area contributed by atoms with Gasteiger partial charge in [-0.3, -0.25) is 9.59 Å².